The highest BCUT2D eigenvalue weighted by molar-refractivity contribution is 5.85. The number of hydrogen-bond donors (Lipinski definition) is 1. The van der Waals surface area contributed by atoms with Crippen LogP contribution < -0.4 is 5.32 Å². The summed E-state index contributed by atoms with van der Waals surface area (Å²) in [6.45, 7) is 2.58. The van der Waals surface area contributed by atoms with Crippen LogP contribution in [-0.4, -0.2) is 49.7 Å². The van der Waals surface area contributed by atoms with E-state index < -0.39 is 0 Å². The van der Waals surface area contributed by atoms with Crippen LogP contribution >= 0.6 is 12.4 Å². The van der Waals surface area contributed by atoms with Gasteiger partial charge in [0.15, 0.2) is 0 Å². The minimum atomic E-state index is 0. The lowest BCUT2D eigenvalue weighted by Gasteiger charge is -2.31. The van der Waals surface area contributed by atoms with E-state index in [1.165, 1.54) is 19.3 Å². The summed E-state index contributed by atoms with van der Waals surface area (Å²) in [5.74, 6) is 0.235. The van der Waals surface area contributed by atoms with Gasteiger partial charge in [0.1, 0.15) is 0 Å². The van der Waals surface area contributed by atoms with Crippen LogP contribution in [0.4, 0.5) is 0 Å². The van der Waals surface area contributed by atoms with Crippen LogP contribution in [0.15, 0.2) is 0 Å². The van der Waals surface area contributed by atoms with Crippen molar-refractivity contribution in [2.24, 2.45) is 0 Å². The van der Waals surface area contributed by atoms with Crippen LogP contribution in [0.3, 0.4) is 0 Å². The molecule has 2 heterocycles. The minimum absolute atomic E-state index is 0. The molecule has 4 nitrogen and oxygen atoms in total. The third kappa shape index (κ3) is 4.41. The summed E-state index contributed by atoms with van der Waals surface area (Å²) < 4.78 is 5.67. The zero-order chi connectivity index (χ0) is 12.1. The molecule has 2 aliphatic rings. The van der Waals surface area contributed by atoms with Gasteiger partial charge in [-0.1, -0.05) is 6.42 Å². The van der Waals surface area contributed by atoms with Crippen LogP contribution in [0.25, 0.3) is 0 Å². The highest BCUT2D eigenvalue weighted by atomic mass is 35.5. The maximum absolute atomic E-state index is 12.2. The number of ether oxygens (including phenoxy) is 1. The van der Waals surface area contributed by atoms with Crippen molar-refractivity contribution in [3.8, 4) is 0 Å². The molecule has 0 aliphatic carbocycles. The number of nitrogens with one attached hydrogen (secondary N) is 1. The number of carbonyl (C=O) groups excluding carboxylic acids is 1. The Labute approximate surface area is 116 Å². The van der Waals surface area contributed by atoms with E-state index in [9.17, 15) is 4.79 Å². The molecule has 18 heavy (non-hydrogen) atoms. The molecule has 0 spiro atoms. The van der Waals surface area contributed by atoms with E-state index in [0.717, 1.165) is 39.0 Å². The zero-order valence-corrected chi connectivity index (χ0v) is 12.0. The quantitative estimate of drug-likeness (QED) is 0.851. The fourth-order valence-corrected chi connectivity index (χ4v) is 2.68. The van der Waals surface area contributed by atoms with E-state index in [-0.39, 0.29) is 30.5 Å². The van der Waals surface area contributed by atoms with Crippen LogP contribution in [0.2, 0.25) is 0 Å². The van der Waals surface area contributed by atoms with Crippen molar-refractivity contribution in [3.05, 3.63) is 0 Å². The number of piperidine rings is 1. The first-order valence-electron chi connectivity index (χ1n) is 6.87. The molecule has 2 aliphatic heterocycles. The molecule has 0 saturated carbocycles. The number of likely N-dealkylation sites (N-methyl/N-ethyl adjacent to an activating group) is 1. The highest BCUT2D eigenvalue weighted by Crippen LogP contribution is 2.15. The standard InChI is InChI=1S/C13H24N2O2.ClH/c1-15(10-11-6-3-5-9-17-11)13(16)12-7-2-4-8-14-12;/h11-12,14H,2-10H2,1H3;1H/t11?,12-;/m0./s1. The van der Waals surface area contributed by atoms with Gasteiger partial charge in [0.2, 0.25) is 5.91 Å². The van der Waals surface area contributed by atoms with Gasteiger partial charge in [0.05, 0.1) is 12.1 Å². The van der Waals surface area contributed by atoms with Gasteiger partial charge < -0.3 is 15.0 Å². The SMILES string of the molecule is CN(CC1CCCCO1)C(=O)[C@@H]1CCCCN1.Cl. The van der Waals surface area contributed by atoms with E-state index in [1.807, 2.05) is 11.9 Å². The van der Waals surface area contributed by atoms with Crippen molar-refractivity contribution in [2.75, 3.05) is 26.7 Å². The second-order valence-electron chi connectivity index (χ2n) is 5.21. The lowest BCUT2D eigenvalue weighted by atomic mass is 10.0. The van der Waals surface area contributed by atoms with Crippen LogP contribution in [-0.2, 0) is 9.53 Å². The Morgan fingerprint density at radius 3 is 2.67 bits per heavy atom. The predicted octanol–water partition coefficient (Wildman–Crippen LogP) is 1.58. The predicted molar refractivity (Wildman–Crippen MR) is 74.1 cm³/mol. The Hall–Kier alpha value is -0.320. The molecule has 2 rings (SSSR count). The van der Waals surface area contributed by atoms with E-state index >= 15 is 0 Å². The summed E-state index contributed by atoms with van der Waals surface area (Å²) in [5, 5.41) is 3.30. The fourth-order valence-electron chi connectivity index (χ4n) is 2.68. The first-order chi connectivity index (χ1) is 8.27. The second-order valence-corrected chi connectivity index (χ2v) is 5.21. The number of halogens is 1. The van der Waals surface area contributed by atoms with Gasteiger partial charge in [-0.05, 0) is 38.6 Å². The van der Waals surface area contributed by atoms with E-state index in [0.29, 0.717) is 0 Å². The molecule has 2 saturated heterocycles. The molecule has 0 aromatic heterocycles. The maximum atomic E-state index is 12.2. The molecule has 0 aromatic rings. The van der Waals surface area contributed by atoms with Crippen molar-refractivity contribution in [1.82, 2.24) is 10.2 Å². The average molecular weight is 277 g/mol. The van der Waals surface area contributed by atoms with E-state index in [1.54, 1.807) is 0 Å². The maximum Gasteiger partial charge on any atom is 0.239 e. The molecular formula is C13H25ClN2O2. The first kappa shape index (κ1) is 15.7. The van der Waals surface area contributed by atoms with E-state index in [4.69, 9.17) is 4.74 Å². The summed E-state index contributed by atoms with van der Waals surface area (Å²) in [5.41, 5.74) is 0. The molecule has 1 unspecified atom stereocenters. The summed E-state index contributed by atoms with van der Waals surface area (Å²) in [4.78, 5) is 14.0. The second kappa shape index (κ2) is 7.97. The average Bonchev–Trinajstić information content (AvgIpc) is 2.40. The van der Waals surface area contributed by atoms with Crippen molar-refractivity contribution in [2.45, 2.75) is 50.7 Å². The molecule has 106 valence electrons. The normalized spacial score (nSPS) is 28.3. The number of amides is 1. The minimum Gasteiger partial charge on any atom is -0.376 e. The molecular weight excluding hydrogens is 252 g/mol. The molecule has 1 amide bonds. The summed E-state index contributed by atoms with van der Waals surface area (Å²) in [6.07, 6.45) is 7.08. The molecule has 0 radical (unpaired) electrons. The van der Waals surface area contributed by atoms with Gasteiger partial charge >= 0.3 is 0 Å². The Morgan fingerprint density at radius 2 is 2.06 bits per heavy atom. The van der Waals surface area contributed by atoms with Gasteiger partial charge in [-0.15, -0.1) is 12.4 Å². The zero-order valence-electron chi connectivity index (χ0n) is 11.2. The molecule has 1 N–H and O–H groups in total. The first-order valence-corrected chi connectivity index (χ1v) is 6.87. The third-order valence-corrected chi connectivity index (χ3v) is 3.74. The number of hydrogen-bond acceptors (Lipinski definition) is 3. The van der Waals surface area contributed by atoms with Gasteiger partial charge in [-0.25, -0.2) is 0 Å². The van der Waals surface area contributed by atoms with Crippen molar-refractivity contribution in [3.63, 3.8) is 0 Å². The van der Waals surface area contributed by atoms with Crippen molar-refractivity contribution < 1.29 is 9.53 Å². The fraction of sp³-hybridized carbons (Fsp3) is 0.923. The molecule has 0 bridgehead atoms. The van der Waals surface area contributed by atoms with Crippen LogP contribution in [0, 0.1) is 0 Å². The smallest absolute Gasteiger partial charge is 0.239 e. The lowest BCUT2D eigenvalue weighted by molar-refractivity contribution is -0.135. The largest absolute Gasteiger partial charge is 0.376 e. The number of carbonyl (C=O) groups is 1. The summed E-state index contributed by atoms with van der Waals surface area (Å²) in [7, 11) is 1.90. The number of nitrogens with zero attached hydrogens (tertiary/aromatic N) is 1. The van der Waals surface area contributed by atoms with Gasteiger partial charge in [0.25, 0.3) is 0 Å². The summed E-state index contributed by atoms with van der Waals surface area (Å²) >= 11 is 0. The summed E-state index contributed by atoms with van der Waals surface area (Å²) in [6, 6.07) is 0.0392. The molecule has 5 heteroatoms. The topological polar surface area (TPSA) is 41.6 Å². The Kier molecular flexibility index (Phi) is 6.97. The third-order valence-electron chi connectivity index (χ3n) is 3.74. The number of rotatable bonds is 3. The molecule has 2 fully saturated rings. The Balaban J connectivity index is 0.00000162. The Morgan fingerprint density at radius 1 is 1.28 bits per heavy atom. The lowest BCUT2D eigenvalue weighted by Crippen LogP contribution is -2.49. The molecule has 2 atom stereocenters. The van der Waals surface area contributed by atoms with Crippen molar-refractivity contribution in [1.29, 1.82) is 0 Å². The molecule has 0 aromatic carbocycles. The Bertz CT molecular complexity index is 251. The van der Waals surface area contributed by atoms with Gasteiger partial charge in [-0.2, -0.15) is 0 Å². The van der Waals surface area contributed by atoms with Crippen LogP contribution in [0.1, 0.15) is 38.5 Å². The van der Waals surface area contributed by atoms with Gasteiger partial charge in [-0.3, -0.25) is 4.79 Å². The highest BCUT2D eigenvalue weighted by Gasteiger charge is 2.25. The van der Waals surface area contributed by atoms with E-state index in [2.05, 4.69) is 5.32 Å². The monoisotopic (exact) mass is 276 g/mol. The van der Waals surface area contributed by atoms with Crippen molar-refractivity contribution >= 4 is 18.3 Å². The van der Waals surface area contributed by atoms with Gasteiger partial charge in [0, 0.05) is 20.2 Å². The van der Waals surface area contributed by atoms with Crippen LogP contribution in [0.5, 0.6) is 0 Å².